The molecule has 1 aromatic rings. The van der Waals surface area contributed by atoms with Gasteiger partial charge in [-0.15, -0.1) is 24.0 Å². The lowest BCUT2D eigenvalue weighted by Gasteiger charge is -2.14. The van der Waals surface area contributed by atoms with Gasteiger partial charge in [-0.05, 0) is 42.7 Å². The lowest BCUT2D eigenvalue weighted by Crippen LogP contribution is -2.40. The van der Waals surface area contributed by atoms with Crippen molar-refractivity contribution in [2.75, 3.05) is 25.9 Å². The van der Waals surface area contributed by atoms with E-state index in [0.717, 1.165) is 35.7 Å². The van der Waals surface area contributed by atoms with Crippen LogP contribution in [0.15, 0.2) is 29.3 Å². The molecule has 3 nitrogen and oxygen atoms in total. The molecule has 0 radical (unpaired) electrons. The zero-order valence-corrected chi connectivity index (χ0v) is 16.2. The number of rotatable bonds is 5. The molecule has 21 heavy (non-hydrogen) atoms. The van der Waals surface area contributed by atoms with E-state index in [2.05, 4.69) is 39.5 Å². The van der Waals surface area contributed by atoms with Crippen molar-refractivity contribution in [3.05, 3.63) is 34.9 Å². The molecule has 0 aliphatic carbocycles. The normalized spacial score (nSPS) is 18.2. The molecule has 1 atom stereocenters. The summed E-state index contributed by atoms with van der Waals surface area (Å²) in [5.74, 6) is 2.20. The summed E-state index contributed by atoms with van der Waals surface area (Å²) in [5.41, 5.74) is 1.28. The quantitative estimate of drug-likeness (QED) is 0.418. The molecular weight excluding hydrogens is 417 g/mol. The van der Waals surface area contributed by atoms with Gasteiger partial charge in [0.2, 0.25) is 0 Å². The molecule has 1 heterocycles. The van der Waals surface area contributed by atoms with E-state index < -0.39 is 0 Å². The summed E-state index contributed by atoms with van der Waals surface area (Å²) >= 11 is 7.93. The predicted molar refractivity (Wildman–Crippen MR) is 105 cm³/mol. The Morgan fingerprint density at radius 3 is 2.71 bits per heavy atom. The maximum atomic E-state index is 5.88. The molecule has 118 valence electrons. The van der Waals surface area contributed by atoms with Crippen molar-refractivity contribution in [3.8, 4) is 0 Å². The Labute approximate surface area is 153 Å². The Morgan fingerprint density at radius 1 is 1.33 bits per heavy atom. The molecule has 0 amide bonds. The van der Waals surface area contributed by atoms with E-state index in [0.29, 0.717) is 0 Å². The average molecular weight is 440 g/mol. The van der Waals surface area contributed by atoms with E-state index in [1.807, 2.05) is 19.2 Å². The number of hydrogen-bond acceptors (Lipinski definition) is 2. The third-order valence-electron chi connectivity index (χ3n) is 3.36. The molecule has 1 saturated heterocycles. The van der Waals surface area contributed by atoms with Crippen LogP contribution < -0.4 is 10.6 Å². The summed E-state index contributed by atoms with van der Waals surface area (Å²) in [7, 11) is 1.82. The van der Waals surface area contributed by atoms with E-state index in [4.69, 9.17) is 11.6 Å². The second kappa shape index (κ2) is 10.6. The van der Waals surface area contributed by atoms with Crippen LogP contribution in [0.2, 0.25) is 5.02 Å². The van der Waals surface area contributed by atoms with Crippen molar-refractivity contribution in [2.24, 2.45) is 4.99 Å². The van der Waals surface area contributed by atoms with Crippen molar-refractivity contribution in [2.45, 2.75) is 24.5 Å². The Morgan fingerprint density at radius 2 is 2.10 bits per heavy atom. The van der Waals surface area contributed by atoms with Crippen molar-refractivity contribution < 1.29 is 0 Å². The van der Waals surface area contributed by atoms with Crippen LogP contribution >= 0.6 is 47.3 Å². The van der Waals surface area contributed by atoms with Crippen LogP contribution in [-0.2, 0) is 6.42 Å². The maximum Gasteiger partial charge on any atom is 0.191 e. The van der Waals surface area contributed by atoms with Crippen LogP contribution in [0.5, 0.6) is 0 Å². The molecule has 1 fully saturated rings. The third kappa shape index (κ3) is 7.10. The number of nitrogens with one attached hydrogen (secondary N) is 2. The van der Waals surface area contributed by atoms with Crippen molar-refractivity contribution in [1.82, 2.24) is 10.6 Å². The van der Waals surface area contributed by atoms with Crippen LogP contribution in [0.3, 0.4) is 0 Å². The second-order valence-corrected chi connectivity index (χ2v) is 6.74. The average Bonchev–Trinajstić information content (AvgIpc) is 2.98. The standard InChI is InChI=1S/C15H22ClN3S.HI/c1-17-15(19-11-14-3-2-10-20-14)18-9-8-12-4-6-13(16)7-5-12;/h4-7,14H,2-3,8-11H2,1H3,(H2,17,18,19);1H. The molecule has 0 aromatic heterocycles. The highest BCUT2D eigenvalue weighted by Gasteiger charge is 2.15. The van der Waals surface area contributed by atoms with Gasteiger partial charge < -0.3 is 10.6 Å². The van der Waals surface area contributed by atoms with Gasteiger partial charge in [0.05, 0.1) is 0 Å². The number of benzene rings is 1. The summed E-state index contributed by atoms with van der Waals surface area (Å²) in [4.78, 5) is 4.26. The van der Waals surface area contributed by atoms with E-state index in [-0.39, 0.29) is 24.0 Å². The van der Waals surface area contributed by atoms with Crippen molar-refractivity contribution in [1.29, 1.82) is 0 Å². The Hall–Kier alpha value is -0.140. The number of nitrogens with zero attached hydrogens (tertiary/aromatic N) is 1. The highest BCUT2D eigenvalue weighted by molar-refractivity contribution is 14.0. The number of thioether (sulfide) groups is 1. The van der Waals surface area contributed by atoms with Crippen LogP contribution in [0.25, 0.3) is 0 Å². The molecule has 1 aromatic carbocycles. The first-order chi connectivity index (χ1) is 9.78. The predicted octanol–water partition coefficient (Wildman–Crippen LogP) is 3.56. The summed E-state index contributed by atoms with van der Waals surface area (Å²) in [6.07, 6.45) is 3.63. The van der Waals surface area contributed by atoms with Crippen LogP contribution in [0.4, 0.5) is 0 Å². The SMILES string of the molecule is CN=C(NCCc1ccc(Cl)cc1)NCC1CCCS1.I. The van der Waals surface area contributed by atoms with Crippen molar-refractivity contribution in [3.63, 3.8) is 0 Å². The van der Waals surface area contributed by atoms with Gasteiger partial charge in [-0.2, -0.15) is 11.8 Å². The zero-order valence-electron chi connectivity index (χ0n) is 12.3. The summed E-state index contributed by atoms with van der Waals surface area (Å²) in [5, 5.41) is 8.28. The van der Waals surface area contributed by atoms with E-state index >= 15 is 0 Å². The van der Waals surface area contributed by atoms with Gasteiger partial charge >= 0.3 is 0 Å². The zero-order chi connectivity index (χ0) is 14.2. The minimum Gasteiger partial charge on any atom is -0.356 e. The fraction of sp³-hybridized carbons (Fsp3) is 0.533. The molecule has 0 saturated carbocycles. The second-order valence-electron chi connectivity index (χ2n) is 4.89. The molecular formula is C15H23ClIN3S. The number of aliphatic imine (C=N–C) groups is 1. The summed E-state index contributed by atoms with van der Waals surface area (Å²) < 4.78 is 0. The lowest BCUT2D eigenvalue weighted by molar-refractivity contribution is 0.724. The van der Waals surface area contributed by atoms with E-state index in [1.165, 1.54) is 24.2 Å². The van der Waals surface area contributed by atoms with Gasteiger partial charge in [0.1, 0.15) is 0 Å². The highest BCUT2D eigenvalue weighted by atomic mass is 127. The van der Waals surface area contributed by atoms with Gasteiger partial charge in [0.25, 0.3) is 0 Å². The molecule has 1 aliphatic heterocycles. The fourth-order valence-electron chi connectivity index (χ4n) is 2.21. The molecule has 0 bridgehead atoms. The molecule has 2 rings (SSSR count). The monoisotopic (exact) mass is 439 g/mol. The lowest BCUT2D eigenvalue weighted by atomic mass is 10.1. The third-order valence-corrected chi connectivity index (χ3v) is 5.01. The Balaban J connectivity index is 0.00000220. The minimum absolute atomic E-state index is 0. The van der Waals surface area contributed by atoms with Gasteiger partial charge in [0, 0.05) is 30.4 Å². The van der Waals surface area contributed by atoms with Gasteiger partial charge in [0.15, 0.2) is 5.96 Å². The highest BCUT2D eigenvalue weighted by Crippen LogP contribution is 2.25. The van der Waals surface area contributed by atoms with E-state index in [1.54, 1.807) is 0 Å². The van der Waals surface area contributed by atoms with E-state index in [9.17, 15) is 0 Å². The Bertz CT molecular complexity index is 433. The first-order valence-electron chi connectivity index (χ1n) is 7.08. The van der Waals surface area contributed by atoms with Crippen molar-refractivity contribution >= 4 is 53.3 Å². The summed E-state index contributed by atoms with van der Waals surface area (Å²) in [6.45, 7) is 1.88. The van der Waals surface area contributed by atoms with Gasteiger partial charge in [-0.1, -0.05) is 23.7 Å². The van der Waals surface area contributed by atoms with Gasteiger partial charge in [-0.3, -0.25) is 4.99 Å². The molecule has 6 heteroatoms. The van der Waals surface area contributed by atoms with Gasteiger partial charge in [-0.25, -0.2) is 0 Å². The number of halogens is 2. The molecule has 0 spiro atoms. The maximum absolute atomic E-state index is 5.88. The molecule has 1 unspecified atom stereocenters. The van der Waals surface area contributed by atoms with Crippen LogP contribution in [0, 0.1) is 0 Å². The Kier molecular flexibility index (Phi) is 9.51. The minimum atomic E-state index is 0. The smallest absolute Gasteiger partial charge is 0.191 e. The number of hydrogen-bond donors (Lipinski definition) is 2. The number of guanidine groups is 1. The van der Waals surface area contributed by atoms with Crippen LogP contribution in [0.1, 0.15) is 18.4 Å². The first-order valence-corrected chi connectivity index (χ1v) is 8.51. The molecule has 1 aliphatic rings. The first kappa shape index (κ1) is 18.9. The van der Waals surface area contributed by atoms with Crippen LogP contribution in [-0.4, -0.2) is 37.1 Å². The molecule has 2 N–H and O–H groups in total. The fourth-order valence-corrected chi connectivity index (χ4v) is 3.54. The topological polar surface area (TPSA) is 36.4 Å². The largest absolute Gasteiger partial charge is 0.356 e. The summed E-state index contributed by atoms with van der Waals surface area (Å²) in [6, 6.07) is 7.99.